The summed E-state index contributed by atoms with van der Waals surface area (Å²) < 4.78 is 0. The number of aromatic hydroxyl groups is 1. The summed E-state index contributed by atoms with van der Waals surface area (Å²) in [6, 6.07) is 8.08. The van der Waals surface area contributed by atoms with Crippen LogP contribution in [-0.2, 0) is 6.42 Å². The zero-order chi connectivity index (χ0) is 14.6. The van der Waals surface area contributed by atoms with Gasteiger partial charge in [0.15, 0.2) is 0 Å². The first-order chi connectivity index (χ1) is 9.58. The van der Waals surface area contributed by atoms with E-state index in [-0.39, 0.29) is 5.54 Å². The summed E-state index contributed by atoms with van der Waals surface area (Å²) in [6.07, 6.45) is 7.56. The van der Waals surface area contributed by atoms with Crippen LogP contribution in [0.15, 0.2) is 24.3 Å². The lowest BCUT2D eigenvalue weighted by molar-refractivity contribution is 0.0598. The van der Waals surface area contributed by atoms with Gasteiger partial charge >= 0.3 is 0 Å². The highest BCUT2D eigenvalue weighted by atomic mass is 16.3. The van der Waals surface area contributed by atoms with Crippen LogP contribution >= 0.6 is 0 Å². The molecule has 0 bridgehead atoms. The first-order valence-corrected chi connectivity index (χ1v) is 7.71. The highest BCUT2D eigenvalue weighted by Gasteiger charge is 2.40. The maximum atomic E-state index is 9.41. The molecule has 0 aliphatic heterocycles. The lowest BCUT2D eigenvalue weighted by atomic mass is 9.73. The predicted octanol–water partition coefficient (Wildman–Crippen LogP) is 2.79. The van der Waals surface area contributed by atoms with Crippen molar-refractivity contribution in [2.45, 2.75) is 50.1 Å². The van der Waals surface area contributed by atoms with E-state index in [0.717, 1.165) is 6.42 Å². The highest BCUT2D eigenvalue weighted by Crippen LogP contribution is 2.36. The molecule has 1 unspecified atom stereocenters. The van der Waals surface area contributed by atoms with E-state index in [2.05, 4.69) is 31.4 Å². The molecule has 0 radical (unpaired) electrons. The topological polar surface area (TPSA) is 35.5 Å². The maximum absolute atomic E-state index is 9.41. The Bertz CT molecular complexity index is 408. The Kier molecular flexibility index (Phi) is 5.06. The van der Waals surface area contributed by atoms with Crippen molar-refractivity contribution in [3.63, 3.8) is 0 Å². The second-order valence-corrected chi connectivity index (χ2v) is 6.27. The fraction of sp³-hybridized carbons (Fsp3) is 0.647. The molecule has 1 atom stereocenters. The fourth-order valence-corrected chi connectivity index (χ4v) is 3.70. The minimum absolute atomic E-state index is 0.255. The van der Waals surface area contributed by atoms with Gasteiger partial charge in [0.1, 0.15) is 5.75 Å². The molecule has 0 aromatic heterocycles. The quantitative estimate of drug-likeness (QED) is 0.868. The van der Waals surface area contributed by atoms with Crippen molar-refractivity contribution in [3.8, 4) is 5.75 Å². The van der Waals surface area contributed by atoms with Crippen LogP contribution in [0.5, 0.6) is 5.75 Å². The second-order valence-electron chi connectivity index (χ2n) is 6.27. The minimum Gasteiger partial charge on any atom is -0.508 e. The lowest BCUT2D eigenvalue weighted by Gasteiger charge is -2.48. The van der Waals surface area contributed by atoms with Crippen LogP contribution in [0, 0.1) is 0 Å². The summed E-state index contributed by atoms with van der Waals surface area (Å²) in [4.78, 5) is 2.42. The van der Waals surface area contributed by atoms with Gasteiger partial charge in [-0.05, 0) is 58.1 Å². The van der Waals surface area contributed by atoms with Gasteiger partial charge in [0.25, 0.3) is 0 Å². The Morgan fingerprint density at radius 2 is 1.75 bits per heavy atom. The molecule has 1 saturated carbocycles. The molecule has 112 valence electrons. The zero-order valence-electron chi connectivity index (χ0n) is 13.0. The summed E-state index contributed by atoms with van der Waals surface area (Å²) in [5, 5.41) is 13.0. The van der Waals surface area contributed by atoms with Crippen LogP contribution in [0.4, 0.5) is 0 Å². The number of nitrogens with zero attached hydrogens (tertiary/aromatic N) is 1. The average Bonchev–Trinajstić information content (AvgIpc) is 2.47. The van der Waals surface area contributed by atoms with Crippen molar-refractivity contribution >= 4 is 0 Å². The Balaban J connectivity index is 2.18. The predicted molar refractivity (Wildman–Crippen MR) is 84.2 cm³/mol. The van der Waals surface area contributed by atoms with Crippen LogP contribution < -0.4 is 5.32 Å². The van der Waals surface area contributed by atoms with Gasteiger partial charge in [-0.25, -0.2) is 0 Å². The molecule has 0 saturated heterocycles. The largest absolute Gasteiger partial charge is 0.508 e. The normalized spacial score (nSPS) is 20.0. The van der Waals surface area contributed by atoms with Crippen molar-refractivity contribution < 1.29 is 5.11 Å². The SMILES string of the molecule is CNC(Cc1ccc(O)cc1)C1(N(C)C)CCCCC1. The maximum Gasteiger partial charge on any atom is 0.115 e. The number of likely N-dealkylation sites (N-methyl/N-ethyl adjacent to an activating group) is 2. The summed E-state index contributed by atoms with van der Waals surface area (Å²) in [7, 11) is 6.50. The molecular formula is C17H28N2O. The van der Waals surface area contributed by atoms with Crippen LogP contribution in [0.2, 0.25) is 0 Å². The Hall–Kier alpha value is -1.06. The average molecular weight is 276 g/mol. The van der Waals surface area contributed by atoms with E-state index >= 15 is 0 Å². The van der Waals surface area contributed by atoms with E-state index in [4.69, 9.17) is 0 Å². The van der Waals surface area contributed by atoms with Crippen molar-refractivity contribution in [3.05, 3.63) is 29.8 Å². The molecule has 2 N–H and O–H groups in total. The van der Waals surface area contributed by atoms with E-state index in [1.54, 1.807) is 12.1 Å². The van der Waals surface area contributed by atoms with Crippen molar-refractivity contribution in [2.24, 2.45) is 0 Å². The molecule has 2 rings (SSSR count). The number of nitrogens with one attached hydrogen (secondary N) is 1. The molecule has 1 fully saturated rings. The van der Waals surface area contributed by atoms with Crippen molar-refractivity contribution in [2.75, 3.05) is 21.1 Å². The van der Waals surface area contributed by atoms with Crippen LogP contribution in [0.25, 0.3) is 0 Å². The number of phenolic OH excluding ortho intramolecular Hbond substituents is 1. The molecule has 1 aliphatic rings. The fourth-order valence-electron chi connectivity index (χ4n) is 3.70. The minimum atomic E-state index is 0.255. The number of hydrogen-bond donors (Lipinski definition) is 2. The van der Waals surface area contributed by atoms with E-state index in [1.165, 1.54) is 37.7 Å². The lowest BCUT2D eigenvalue weighted by Crippen LogP contribution is -2.60. The number of hydrogen-bond acceptors (Lipinski definition) is 3. The van der Waals surface area contributed by atoms with Gasteiger partial charge in [-0.15, -0.1) is 0 Å². The number of phenols is 1. The van der Waals surface area contributed by atoms with E-state index in [0.29, 0.717) is 11.8 Å². The van der Waals surface area contributed by atoms with Crippen molar-refractivity contribution in [1.29, 1.82) is 0 Å². The summed E-state index contributed by atoms with van der Waals surface area (Å²) in [5.41, 5.74) is 1.54. The third-order valence-electron chi connectivity index (χ3n) is 4.98. The highest BCUT2D eigenvalue weighted by molar-refractivity contribution is 5.27. The van der Waals surface area contributed by atoms with Gasteiger partial charge < -0.3 is 15.3 Å². The summed E-state index contributed by atoms with van der Waals surface area (Å²) >= 11 is 0. The van der Waals surface area contributed by atoms with Gasteiger partial charge in [-0.3, -0.25) is 0 Å². The molecule has 20 heavy (non-hydrogen) atoms. The molecule has 1 aliphatic carbocycles. The van der Waals surface area contributed by atoms with Crippen molar-refractivity contribution in [1.82, 2.24) is 10.2 Å². The van der Waals surface area contributed by atoms with E-state index < -0.39 is 0 Å². The zero-order valence-corrected chi connectivity index (χ0v) is 13.0. The molecule has 0 heterocycles. The van der Waals surface area contributed by atoms with Gasteiger partial charge in [0.05, 0.1) is 0 Å². The van der Waals surface area contributed by atoms with Gasteiger partial charge in [0.2, 0.25) is 0 Å². The first kappa shape index (κ1) is 15.3. The molecule has 0 spiro atoms. The molecular weight excluding hydrogens is 248 g/mol. The van der Waals surface area contributed by atoms with Crippen LogP contribution in [0.3, 0.4) is 0 Å². The van der Waals surface area contributed by atoms with Crippen LogP contribution in [0.1, 0.15) is 37.7 Å². The monoisotopic (exact) mass is 276 g/mol. The van der Waals surface area contributed by atoms with Gasteiger partial charge in [-0.1, -0.05) is 31.4 Å². The molecule has 1 aromatic rings. The van der Waals surface area contributed by atoms with E-state index in [1.807, 2.05) is 12.1 Å². The van der Waals surface area contributed by atoms with Gasteiger partial charge in [-0.2, -0.15) is 0 Å². The van der Waals surface area contributed by atoms with E-state index in [9.17, 15) is 5.11 Å². The Labute approximate surface area is 123 Å². The molecule has 3 nitrogen and oxygen atoms in total. The number of rotatable bonds is 5. The van der Waals surface area contributed by atoms with Crippen LogP contribution in [-0.4, -0.2) is 42.7 Å². The summed E-state index contributed by atoms with van der Waals surface area (Å²) in [5.74, 6) is 0.342. The molecule has 1 aromatic carbocycles. The second kappa shape index (κ2) is 6.59. The Morgan fingerprint density at radius 1 is 1.15 bits per heavy atom. The Morgan fingerprint density at radius 3 is 2.25 bits per heavy atom. The number of benzene rings is 1. The standard InChI is InChI=1S/C17H28N2O/c1-18-16(13-14-7-9-15(20)10-8-14)17(19(2)3)11-5-4-6-12-17/h7-10,16,18,20H,4-6,11-13H2,1-3H3. The van der Waals surface area contributed by atoms with Gasteiger partial charge in [0, 0.05) is 11.6 Å². The summed E-state index contributed by atoms with van der Waals surface area (Å²) in [6.45, 7) is 0. The smallest absolute Gasteiger partial charge is 0.115 e. The molecule has 0 amide bonds. The third kappa shape index (κ3) is 3.15. The molecule has 3 heteroatoms. The third-order valence-corrected chi connectivity index (χ3v) is 4.98. The first-order valence-electron chi connectivity index (χ1n) is 7.71.